The molecule has 0 radical (unpaired) electrons. The van der Waals surface area contributed by atoms with Gasteiger partial charge in [-0.3, -0.25) is 0 Å². The minimum absolute atomic E-state index is 0.0631. The molecule has 5 heteroatoms. The van der Waals surface area contributed by atoms with Crippen LogP contribution < -0.4 is 5.32 Å². The molecule has 2 nitrogen and oxygen atoms in total. The Hall–Kier alpha value is -1.23. The number of nitrogens with one attached hydrogen (secondary N) is 1. The summed E-state index contributed by atoms with van der Waals surface area (Å²) in [5.74, 6) is -3.16. The highest BCUT2D eigenvalue weighted by Crippen LogP contribution is 2.27. The zero-order chi connectivity index (χ0) is 13.8. The van der Waals surface area contributed by atoms with Crippen molar-refractivity contribution in [3.63, 3.8) is 0 Å². The van der Waals surface area contributed by atoms with Crippen molar-refractivity contribution in [2.24, 2.45) is 5.41 Å². The number of benzene rings is 1. The summed E-state index contributed by atoms with van der Waals surface area (Å²) in [4.78, 5) is 0. The third-order valence-electron chi connectivity index (χ3n) is 3.48. The topological polar surface area (TPSA) is 32.3 Å². The van der Waals surface area contributed by atoms with E-state index in [1.54, 1.807) is 0 Å². The first-order valence-corrected chi connectivity index (χ1v) is 5.97. The summed E-state index contributed by atoms with van der Waals surface area (Å²) >= 11 is 0. The van der Waals surface area contributed by atoms with Crippen molar-refractivity contribution in [2.75, 3.05) is 18.5 Å². The summed E-state index contributed by atoms with van der Waals surface area (Å²) in [6.07, 6.45) is 1.37. The second-order valence-corrected chi connectivity index (χ2v) is 4.47. The molecule has 0 saturated heterocycles. The van der Waals surface area contributed by atoms with Crippen LogP contribution in [0.15, 0.2) is 12.1 Å². The van der Waals surface area contributed by atoms with Crippen LogP contribution in [-0.4, -0.2) is 18.3 Å². The molecule has 1 rings (SSSR count). The van der Waals surface area contributed by atoms with Crippen LogP contribution in [0.3, 0.4) is 0 Å². The molecular weight excluding hydrogens is 243 g/mol. The first-order chi connectivity index (χ1) is 8.48. The van der Waals surface area contributed by atoms with E-state index in [4.69, 9.17) is 0 Å². The summed E-state index contributed by atoms with van der Waals surface area (Å²) in [7, 11) is 0. The SMILES string of the molecule is CCC(CC)(CO)CNc1cc(F)cc(F)c1F. The zero-order valence-corrected chi connectivity index (χ0v) is 10.6. The summed E-state index contributed by atoms with van der Waals surface area (Å²) in [6.45, 7) is 4.01. The van der Waals surface area contributed by atoms with E-state index < -0.39 is 22.9 Å². The number of halogens is 3. The average Bonchev–Trinajstić information content (AvgIpc) is 2.37. The lowest BCUT2D eigenvalue weighted by Gasteiger charge is -2.30. The van der Waals surface area contributed by atoms with Crippen molar-refractivity contribution >= 4 is 5.69 Å². The minimum atomic E-state index is -1.22. The Morgan fingerprint density at radius 2 is 1.78 bits per heavy atom. The van der Waals surface area contributed by atoms with Gasteiger partial charge in [-0.1, -0.05) is 13.8 Å². The van der Waals surface area contributed by atoms with Crippen molar-refractivity contribution in [1.29, 1.82) is 0 Å². The molecule has 0 heterocycles. The summed E-state index contributed by atoms with van der Waals surface area (Å²) in [5, 5.41) is 12.0. The molecule has 0 aliphatic heterocycles. The number of rotatable bonds is 6. The quantitative estimate of drug-likeness (QED) is 0.770. The molecule has 0 atom stereocenters. The van der Waals surface area contributed by atoms with Gasteiger partial charge in [0.2, 0.25) is 0 Å². The molecule has 102 valence electrons. The van der Waals surface area contributed by atoms with Gasteiger partial charge in [0, 0.05) is 24.1 Å². The predicted octanol–water partition coefficient (Wildman–Crippen LogP) is 3.31. The molecule has 0 aliphatic carbocycles. The maximum absolute atomic E-state index is 13.4. The third kappa shape index (κ3) is 3.16. The van der Waals surface area contributed by atoms with E-state index in [0.717, 1.165) is 6.07 Å². The van der Waals surface area contributed by atoms with E-state index in [1.165, 1.54) is 0 Å². The molecule has 0 aliphatic rings. The Bertz CT molecular complexity index is 397. The molecule has 0 fully saturated rings. The lowest BCUT2D eigenvalue weighted by atomic mass is 9.83. The molecule has 1 aromatic rings. The van der Waals surface area contributed by atoms with Gasteiger partial charge in [-0.25, -0.2) is 13.2 Å². The first kappa shape index (κ1) is 14.8. The van der Waals surface area contributed by atoms with Crippen molar-refractivity contribution in [1.82, 2.24) is 0 Å². The number of hydrogen-bond donors (Lipinski definition) is 2. The second-order valence-electron chi connectivity index (χ2n) is 4.47. The second kappa shape index (κ2) is 6.09. The number of aliphatic hydroxyl groups excluding tert-OH is 1. The van der Waals surface area contributed by atoms with Crippen LogP contribution in [0.5, 0.6) is 0 Å². The normalized spacial score (nSPS) is 11.7. The molecule has 0 amide bonds. The highest BCUT2D eigenvalue weighted by Gasteiger charge is 2.25. The maximum atomic E-state index is 13.4. The summed E-state index contributed by atoms with van der Waals surface area (Å²) in [6, 6.07) is 1.41. The van der Waals surface area contributed by atoms with Crippen LogP contribution in [-0.2, 0) is 0 Å². The third-order valence-corrected chi connectivity index (χ3v) is 3.48. The van der Waals surface area contributed by atoms with E-state index in [1.807, 2.05) is 13.8 Å². The number of aliphatic hydroxyl groups is 1. The van der Waals surface area contributed by atoms with Gasteiger partial charge in [-0.05, 0) is 12.8 Å². The molecular formula is C13H18F3NO. The van der Waals surface area contributed by atoms with Gasteiger partial charge < -0.3 is 10.4 Å². The van der Waals surface area contributed by atoms with Crippen LogP contribution in [0.1, 0.15) is 26.7 Å². The molecule has 0 unspecified atom stereocenters. The highest BCUT2D eigenvalue weighted by atomic mass is 19.2. The Balaban J connectivity index is 2.86. The Labute approximate surface area is 105 Å². The van der Waals surface area contributed by atoms with Crippen LogP contribution in [0.2, 0.25) is 0 Å². The van der Waals surface area contributed by atoms with E-state index in [0.29, 0.717) is 18.9 Å². The summed E-state index contributed by atoms with van der Waals surface area (Å²) < 4.78 is 39.4. The fourth-order valence-electron chi connectivity index (χ4n) is 1.75. The minimum Gasteiger partial charge on any atom is -0.396 e. The fraction of sp³-hybridized carbons (Fsp3) is 0.538. The first-order valence-electron chi connectivity index (χ1n) is 5.97. The van der Waals surface area contributed by atoms with E-state index in [9.17, 15) is 18.3 Å². The van der Waals surface area contributed by atoms with Gasteiger partial charge in [-0.2, -0.15) is 0 Å². The Kier molecular flexibility index (Phi) is 5.02. The molecule has 0 bridgehead atoms. The van der Waals surface area contributed by atoms with E-state index in [2.05, 4.69) is 5.32 Å². The molecule has 18 heavy (non-hydrogen) atoms. The van der Waals surface area contributed by atoms with Crippen LogP contribution in [0, 0.1) is 22.9 Å². The van der Waals surface area contributed by atoms with Crippen LogP contribution >= 0.6 is 0 Å². The Morgan fingerprint density at radius 1 is 1.17 bits per heavy atom. The molecule has 1 aromatic carbocycles. The van der Waals surface area contributed by atoms with Crippen LogP contribution in [0.25, 0.3) is 0 Å². The van der Waals surface area contributed by atoms with Crippen molar-refractivity contribution in [2.45, 2.75) is 26.7 Å². The number of anilines is 1. The van der Waals surface area contributed by atoms with Gasteiger partial charge in [0.1, 0.15) is 5.82 Å². The smallest absolute Gasteiger partial charge is 0.182 e. The van der Waals surface area contributed by atoms with Gasteiger partial charge in [0.25, 0.3) is 0 Å². The van der Waals surface area contributed by atoms with Crippen molar-refractivity contribution in [3.8, 4) is 0 Å². The molecule has 2 N–H and O–H groups in total. The summed E-state index contributed by atoms with van der Waals surface area (Å²) in [5.41, 5.74) is -0.623. The lowest BCUT2D eigenvalue weighted by molar-refractivity contribution is 0.127. The van der Waals surface area contributed by atoms with Crippen molar-refractivity contribution < 1.29 is 18.3 Å². The van der Waals surface area contributed by atoms with Crippen molar-refractivity contribution in [3.05, 3.63) is 29.6 Å². The molecule has 0 spiro atoms. The standard InChI is InChI=1S/C13H18F3NO/c1-3-13(4-2,8-18)7-17-11-6-9(14)5-10(15)12(11)16/h5-6,17-18H,3-4,7-8H2,1-2H3. The van der Waals surface area contributed by atoms with Gasteiger partial charge >= 0.3 is 0 Å². The largest absolute Gasteiger partial charge is 0.396 e. The van der Waals surface area contributed by atoms with E-state index in [-0.39, 0.29) is 18.8 Å². The zero-order valence-electron chi connectivity index (χ0n) is 10.6. The maximum Gasteiger partial charge on any atom is 0.182 e. The Morgan fingerprint density at radius 3 is 2.28 bits per heavy atom. The van der Waals surface area contributed by atoms with Gasteiger partial charge in [-0.15, -0.1) is 0 Å². The average molecular weight is 261 g/mol. The van der Waals surface area contributed by atoms with Gasteiger partial charge in [0.05, 0.1) is 12.3 Å². The predicted molar refractivity (Wildman–Crippen MR) is 64.9 cm³/mol. The fourth-order valence-corrected chi connectivity index (χ4v) is 1.75. The lowest BCUT2D eigenvalue weighted by Crippen LogP contribution is -2.32. The van der Waals surface area contributed by atoms with E-state index >= 15 is 0 Å². The monoisotopic (exact) mass is 261 g/mol. The molecule has 0 saturated carbocycles. The number of hydrogen-bond acceptors (Lipinski definition) is 2. The highest BCUT2D eigenvalue weighted by molar-refractivity contribution is 5.45. The van der Waals surface area contributed by atoms with Gasteiger partial charge in [0.15, 0.2) is 11.6 Å². The van der Waals surface area contributed by atoms with Crippen LogP contribution in [0.4, 0.5) is 18.9 Å². The molecule has 0 aromatic heterocycles.